The predicted molar refractivity (Wildman–Crippen MR) is 300 cm³/mol. The largest absolute Gasteiger partial charge is 0.464 e. The Hall–Kier alpha value is -5.22. The maximum absolute atomic E-state index is 14.4. The maximum Gasteiger partial charge on any atom is 0.328 e. The van der Waals surface area contributed by atoms with Gasteiger partial charge in [0.25, 0.3) is 0 Å². The molecule has 6 amide bonds. The molecule has 1 aliphatic heterocycles. The molecule has 12 atom stereocenters. The number of benzene rings is 1. The highest BCUT2D eigenvalue weighted by Crippen LogP contribution is 2.31. The number of nitrogens with one attached hydrogen (secondary N) is 4. The molecule has 0 spiro atoms. The van der Waals surface area contributed by atoms with Gasteiger partial charge in [-0.1, -0.05) is 99.1 Å². The van der Waals surface area contributed by atoms with Crippen LogP contribution in [0.1, 0.15) is 133 Å². The summed E-state index contributed by atoms with van der Waals surface area (Å²) in [7, 11) is 8.37. The summed E-state index contributed by atoms with van der Waals surface area (Å²) >= 11 is 0. The molecule has 1 saturated heterocycles. The number of hydrogen-bond donors (Lipinski definition) is 5. The van der Waals surface area contributed by atoms with Crippen LogP contribution in [-0.4, -0.2) is 190 Å². The fourth-order valence-corrected chi connectivity index (χ4v) is 10.3. The van der Waals surface area contributed by atoms with E-state index in [0.29, 0.717) is 25.8 Å². The van der Waals surface area contributed by atoms with Gasteiger partial charge in [0.2, 0.25) is 35.4 Å². The van der Waals surface area contributed by atoms with Crippen LogP contribution in [0, 0.1) is 29.6 Å². The van der Waals surface area contributed by atoms with E-state index in [0.717, 1.165) is 12.0 Å². The number of amides is 6. The van der Waals surface area contributed by atoms with Gasteiger partial charge in [0.15, 0.2) is 6.29 Å². The Kier molecular flexibility index (Phi) is 32.0. The third-order valence-electron chi connectivity index (χ3n) is 14.9. The lowest BCUT2D eigenvalue weighted by molar-refractivity contribution is -0.194. The van der Waals surface area contributed by atoms with Crippen LogP contribution < -0.4 is 21.3 Å². The zero-order chi connectivity index (χ0) is 59.5. The number of carbonyl (C=O) groups excluding carboxylic acids is 8. The van der Waals surface area contributed by atoms with Gasteiger partial charge in [0.05, 0.1) is 43.4 Å². The summed E-state index contributed by atoms with van der Waals surface area (Å²) in [5.74, 6) is -4.27. The molecule has 21 nitrogen and oxygen atoms in total. The first-order valence-corrected chi connectivity index (χ1v) is 28.5. The second-order valence-corrected chi connectivity index (χ2v) is 22.1. The van der Waals surface area contributed by atoms with E-state index in [1.54, 1.807) is 23.8 Å². The fraction of sp³-hybridized carbons (Fsp3) is 0.759. The zero-order valence-corrected chi connectivity index (χ0v) is 50.2. The molecule has 450 valence electrons. The van der Waals surface area contributed by atoms with Crippen molar-refractivity contribution in [2.75, 3.05) is 68.3 Å². The Bertz CT molecular complexity index is 2030. The van der Waals surface area contributed by atoms with Crippen LogP contribution >= 0.6 is 0 Å². The fourth-order valence-electron chi connectivity index (χ4n) is 10.3. The number of likely N-dealkylation sites (N-methyl/N-ethyl adjacent to an activating group) is 2. The van der Waals surface area contributed by atoms with Crippen LogP contribution in [0.5, 0.6) is 0 Å². The Labute approximate surface area is 471 Å². The van der Waals surface area contributed by atoms with E-state index in [1.165, 1.54) is 21.1 Å². The van der Waals surface area contributed by atoms with E-state index >= 15 is 0 Å². The van der Waals surface area contributed by atoms with E-state index in [1.807, 2.05) is 90.9 Å². The second kappa shape index (κ2) is 36.2. The van der Waals surface area contributed by atoms with E-state index in [-0.39, 0.29) is 112 Å². The zero-order valence-electron chi connectivity index (χ0n) is 50.2. The summed E-state index contributed by atoms with van der Waals surface area (Å²) in [6.45, 7) is 19.1. The molecule has 1 heterocycles. The van der Waals surface area contributed by atoms with Gasteiger partial charge in [-0.2, -0.15) is 0 Å². The number of carbonyl (C=O) groups is 8. The van der Waals surface area contributed by atoms with Crippen LogP contribution in [0.4, 0.5) is 0 Å². The first-order valence-electron chi connectivity index (χ1n) is 28.5. The molecular formula is C58H99N7O14. The number of aliphatic hydroxyl groups excluding tert-OH is 1. The van der Waals surface area contributed by atoms with Crippen molar-refractivity contribution >= 4 is 47.4 Å². The smallest absolute Gasteiger partial charge is 0.328 e. The van der Waals surface area contributed by atoms with E-state index in [4.69, 9.17) is 23.7 Å². The molecular weight excluding hydrogens is 1020 g/mol. The first kappa shape index (κ1) is 69.9. The number of likely N-dealkylation sites (tertiary alicyclic amines) is 1. The van der Waals surface area contributed by atoms with E-state index in [9.17, 15) is 43.5 Å². The molecule has 0 aliphatic carbocycles. The van der Waals surface area contributed by atoms with Crippen molar-refractivity contribution in [3.05, 3.63) is 35.9 Å². The minimum absolute atomic E-state index is 0.0254. The number of nitrogens with zero attached hydrogens (tertiary/aromatic N) is 3. The quantitative estimate of drug-likeness (QED) is 0.0358. The Morgan fingerprint density at radius 2 is 1.44 bits per heavy atom. The van der Waals surface area contributed by atoms with Gasteiger partial charge >= 0.3 is 11.9 Å². The minimum Gasteiger partial charge on any atom is -0.464 e. The standard InChI is InChI=1S/C58H99N7O14/c1-16-38(7)52(64(13)57(73)50(36(3)4)62-56(72)51(37(5)6)63(11)12)39(8)32-47(68)65-30-22-26-45(65)53(76-15)40(9)54(70)61-44(33-42-24-19-18-20-25-42)55(71)59-29-23-31-77-58(74)41(10)60-46(67)27-21-28-48(69)78-35-49(75-14)79-43(17-2)34-66/h18-20,24-25,36-41,43-45,49-53,66H,16-17,21-23,26-35H2,1-15H3,(H,59,71)(H,60,67)(H,61,70)(H,62,72)/t38-,39+,40+,41-,43?,44-,45-,49?,50-,51-,52-,53+/m0/s1. The highest BCUT2D eigenvalue weighted by atomic mass is 16.7. The lowest BCUT2D eigenvalue weighted by Gasteiger charge is -2.40. The molecule has 2 rings (SSSR count). The van der Waals surface area contributed by atoms with Crippen LogP contribution in [0.25, 0.3) is 0 Å². The Balaban J connectivity index is 2.04. The average Bonchev–Trinajstić information content (AvgIpc) is 3.90. The molecule has 0 bridgehead atoms. The highest BCUT2D eigenvalue weighted by Gasteiger charge is 2.43. The van der Waals surface area contributed by atoms with Crippen molar-refractivity contribution in [3.8, 4) is 0 Å². The molecule has 0 saturated carbocycles. The van der Waals surface area contributed by atoms with Gasteiger partial charge in [0.1, 0.15) is 24.7 Å². The van der Waals surface area contributed by atoms with Gasteiger partial charge in [-0.3, -0.25) is 38.5 Å². The third-order valence-corrected chi connectivity index (χ3v) is 14.9. The third kappa shape index (κ3) is 23.0. The summed E-state index contributed by atoms with van der Waals surface area (Å²) < 4.78 is 27.2. The molecule has 1 fully saturated rings. The number of ether oxygens (including phenoxy) is 5. The van der Waals surface area contributed by atoms with Gasteiger partial charge in [-0.05, 0) is 82.4 Å². The lowest BCUT2D eigenvalue weighted by atomic mass is 9.84. The van der Waals surface area contributed by atoms with Crippen LogP contribution in [0.3, 0.4) is 0 Å². The highest BCUT2D eigenvalue weighted by molar-refractivity contribution is 5.91. The van der Waals surface area contributed by atoms with E-state index in [2.05, 4.69) is 35.1 Å². The van der Waals surface area contributed by atoms with Crippen LogP contribution in [0.2, 0.25) is 0 Å². The summed E-state index contributed by atoms with van der Waals surface area (Å²) in [6, 6.07) is 5.37. The summed E-state index contributed by atoms with van der Waals surface area (Å²) in [5, 5.41) is 20.7. The van der Waals surface area contributed by atoms with E-state index < -0.39 is 84.3 Å². The first-order chi connectivity index (χ1) is 37.4. The van der Waals surface area contributed by atoms with Crippen molar-refractivity contribution in [1.29, 1.82) is 0 Å². The molecule has 0 aromatic heterocycles. The second-order valence-electron chi connectivity index (χ2n) is 22.1. The van der Waals surface area contributed by atoms with Gasteiger partial charge in [-0.15, -0.1) is 0 Å². The van der Waals surface area contributed by atoms with Gasteiger partial charge < -0.3 is 59.9 Å². The normalized spacial score (nSPS) is 17.8. The van der Waals surface area contributed by atoms with Crippen molar-refractivity contribution in [2.45, 2.75) is 188 Å². The molecule has 0 radical (unpaired) electrons. The molecule has 2 unspecified atom stereocenters. The number of esters is 2. The molecule has 5 N–H and O–H groups in total. The average molecular weight is 1120 g/mol. The Morgan fingerprint density at radius 1 is 0.772 bits per heavy atom. The maximum atomic E-state index is 14.4. The monoisotopic (exact) mass is 1120 g/mol. The molecule has 21 heteroatoms. The predicted octanol–water partition coefficient (Wildman–Crippen LogP) is 4.01. The number of hydrogen-bond acceptors (Lipinski definition) is 15. The van der Waals surface area contributed by atoms with Crippen molar-refractivity contribution in [3.63, 3.8) is 0 Å². The minimum atomic E-state index is -0.983. The SMILES string of the molecule is CCC(CO)OC(COC(=O)CCCC(=O)N[C@@H](C)C(=O)OCCCNC(=O)[C@H](Cc1ccccc1)NC(=O)[C@H](C)[C@@H](OC)[C@@H]1CCCN1C(=O)C[C@@H](C)[C@H]([C@@H](C)CC)N(C)C(=O)[C@@H](NC(=O)[C@H](C(C)C)N(C)C)C(C)C)OC. The number of methoxy groups -OCH3 is 2. The lowest BCUT2D eigenvalue weighted by Crippen LogP contribution is -2.58. The molecule has 1 aromatic carbocycles. The van der Waals surface area contributed by atoms with Crippen LogP contribution in [-0.2, 0) is 68.5 Å². The number of aliphatic hydroxyl groups is 1. The van der Waals surface area contributed by atoms with Gasteiger partial charge in [-0.25, -0.2) is 4.79 Å². The Morgan fingerprint density at radius 3 is 2.01 bits per heavy atom. The summed E-state index contributed by atoms with van der Waals surface area (Å²) in [5.41, 5.74) is 0.813. The topological polar surface area (TPSA) is 261 Å². The summed E-state index contributed by atoms with van der Waals surface area (Å²) in [4.78, 5) is 113. The summed E-state index contributed by atoms with van der Waals surface area (Å²) in [6.07, 6.45) is 1.25. The van der Waals surface area contributed by atoms with Crippen LogP contribution in [0.15, 0.2) is 30.3 Å². The van der Waals surface area contributed by atoms with Crippen molar-refractivity contribution in [1.82, 2.24) is 36.0 Å². The van der Waals surface area contributed by atoms with Crippen molar-refractivity contribution in [2.24, 2.45) is 29.6 Å². The number of rotatable bonds is 37. The molecule has 79 heavy (non-hydrogen) atoms. The molecule has 1 aliphatic rings. The molecule has 1 aromatic rings. The van der Waals surface area contributed by atoms with Crippen molar-refractivity contribution < 1.29 is 67.1 Å². The van der Waals surface area contributed by atoms with Gasteiger partial charge in [0, 0.05) is 66.1 Å².